The van der Waals surface area contributed by atoms with E-state index in [0.717, 1.165) is 31.5 Å². The Hall–Kier alpha value is -1.16. The molecule has 0 aliphatic rings. The van der Waals surface area contributed by atoms with Crippen LogP contribution in [0.15, 0.2) is 35.7 Å². The molecule has 114 valence electrons. The maximum absolute atomic E-state index is 10.3. The van der Waals surface area contributed by atoms with E-state index in [9.17, 15) is 5.11 Å². The summed E-state index contributed by atoms with van der Waals surface area (Å²) in [5.41, 5.74) is 3.48. The number of rotatable bonds is 7. The lowest BCUT2D eigenvalue weighted by Crippen LogP contribution is -2.23. The molecule has 0 aliphatic heterocycles. The molecule has 0 radical (unpaired) electrons. The van der Waals surface area contributed by atoms with Gasteiger partial charge >= 0.3 is 0 Å². The number of nitrogens with zero attached hydrogens (tertiary/aromatic N) is 1. The Morgan fingerprint density at radius 3 is 2.48 bits per heavy atom. The van der Waals surface area contributed by atoms with Gasteiger partial charge in [-0.15, -0.1) is 11.3 Å². The van der Waals surface area contributed by atoms with Crippen molar-refractivity contribution in [1.29, 1.82) is 0 Å². The monoisotopic (exact) mass is 303 g/mol. The number of aliphatic hydroxyl groups excluding tert-OH is 1. The SMILES string of the molecule is Cc1cc(C)cc(C(O)CCN(C)CCc2cccs2)c1. The van der Waals surface area contributed by atoms with E-state index in [4.69, 9.17) is 0 Å². The molecule has 0 saturated carbocycles. The molecule has 0 saturated heterocycles. The van der Waals surface area contributed by atoms with E-state index in [2.05, 4.69) is 61.5 Å². The summed E-state index contributed by atoms with van der Waals surface area (Å²) in [5.74, 6) is 0. The quantitative estimate of drug-likeness (QED) is 0.837. The van der Waals surface area contributed by atoms with Gasteiger partial charge < -0.3 is 10.0 Å². The predicted octanol–water partition coefficient (Wildman–Crippen LogP) is 3.96. The van der Waals surface area contributed by atoms with Gasteiger partial charge in [0.1, 0.15) is 0 Å². The number of aliphatic hydroxyl groups is 1. The molecule has 0 fully saturated rings. The highest BCUT2D eigenvalue weighted by Gasteiger charge is 2.10. The van der Waals surface area contributed by atoms with Gasteiger partial charge in [-0.1, -0.05) is 35.4 Å². The first-order valence-electron chi connectivity index (χ1n) is 7.52. The number of benzene rings is 1. The maximum Gasteiger partial charge on any atom is 0.0802 e. The van der Waals surface area contributed by atoms with Gasteiger partial charge in [0, 0.05) is 18.0 Å². The fraction of sp³-hybridized carbons (Fsp3) is 0.444. The smallest absolute Gasteiger partial charge is 0.0802 e. The molecule has 3 heteroatoms. The fourth-order valence-electron chi connectivity index (χ4n) is 2.58. The third-order valence-electron chi connectivity index (χ3n) is 3.73. The summed E-state index contributed by atoms with van der Waals surface area (Å²) in [5, 5.41) is 12.5. The van der Waals surface area contributed by atoms with E-state index >= 15 is 0 Å². The zero-order valence-corrected chi connectivity index (χ0v) is 14.0. The van der Waals surface area contributed by atoms with Crippen LogP contribution in [-0.4, -0.2) is 30.1 Å². The van der Waals surface area contributed by atoms with Gasteiger partial charge in [0.25, 0.3) is 0 Å². The third kappa shape index (κ3) is 5.27. The Labute approximate surface area is 132 Å². The van der Waals surface area contributed by atoms with Crippen LogP contribution in [0.3, 0.4) is 0 Å². The van der Waals surface area contributed by atoms with E-state index in [1.54, 1.807) is 0 Å². The number of likely N-dealkylation sites (N-methyl/N-ethyl adjacent to an activating group) is 1. The van der Waals surface area contributed by atoms with Crippen LogP contribution in [0.4, 0.5) is 0 Å². The molecule has 0 amide bonds. The Bertz CT molecular complexity index is 530. The normalized spacial score (nSPS) is 12.8. The van der Waals surface area contributed by atoms with Crippen molar-refractivity contribution >= 4 is 11.3 Å². The Balaban J connectivity index is 1.78. The third-order valence-corrected chi connectivity index (χ3v) is 4.67. The van der Waals surface area contributed by atoms with Gasteiger partial charge in [-0.25, -0.2) is 0 Å². The molecule has 1 aromatic carbocycles. The Morgan fingerprint density at radius 2 is 1.86 bits per heavy atom. The standard InChI is InChI=1S/C18H25NOS/c1-14-11-15(2)13-16(12-14)18(20)7-9-19(3)8-6-17-5-4-10-21-17/h4-5,10-13,18,20H,6-9H2,1-3H3. The van der Waals surface area contributed by atoms with E-state index in [-0.39, 0.29) is 6.10 Å². The van der Waals surface area contributed by atoms with E-state index in [1.807, 2.05) is 11.3 Å². The first-order chi connectivity index (χ1) is 10.0. The van der Waals surface area contributed by atoms with E-state index < -0.39 is 0 Å². The number of hydrogen-bond acceptors (Lipinski definition) is 3. The van der Waals surface area contributed by atoms with Crippen LogP contribution < -0.4 is 0 Å². The molecule has 2 aromatic rings. The summed E-state index contributed by atoms with van der Waals surface area (Å²) < 4.78 is 0. The molecular formula is C18H25NOS. The van der Waals surface area contributed by atoms with Crippen molar-refractivity contribution in [3.63, 3.8) is 0 Å². The van der Waals surface area contributed by atoms with Crippen molar-refractivity contribution in [2.75, 3.05) is 20.1 Å². The highest BCUT2D eigenvalue weighted by atomic mass is 32.1. The molecule has 1 aromatic heterocycles. The molecular weight excluding hydrogens is 278 g/mol. The second kappa shape index (κ2) is 7.74. The van der Waals surface area contributed by atoms with E-state index in [0.29, 0.717) is 0 Å². The average Bonchev–Trinajstić information content (AvgIpc) is 2.94. The fourth-order valence-corrected chi connectivity index (χ4v) is 3.28. The van der Waals surface area contributed by atoms with Crippen LogP contribution in [0.1, 0.15) is 34.1 Å². The maximum atomic E-state index is 10.3. The van der Waals surface area contributed by atoms with Gasteiger partial charge in [-0.3, -0.25) is 0 Å². The largest absolute Gasteiger partial charge is 0.388 e. The van der Waals surface area contributed by atoms with Gasteiger partial charge in [-0.2, -0.15) is 0 Å². The minimum atomic E-state index is -0.368. The lowest BCUT2D eigenvalue weighted by molar-refractivity contribution is 0.149. The molecule has 1 unspecified atom stereocenters. The molecule has 2 nitrogen and oxygen atoms in total. The molecule has 0 bridgehead atoms. The summed E-state index contributed by atoms with van der Waals surface area (Å²) in [7, 11) is 2.13. The van der Waals surface area contributed by atoms with Crippen molar-refractivity contribution in [2.45, 2.75) is 32.8 Å². The van der Waals surface area contributed by atoms with Crippen LogP contribution in [0.2, 0.25) is 0 Å². The first-order valence-corrected chi connectivity index (χ1v) is 8.40. The Morgan fingerprint density at radius 1 is 1.14 bits per heavy atom. The highest BCUT2D eigenvalue weighted by molar-refractivity contribution is 7.09. The molecule has 21 heavy (non-hydrogen) atoms. The molecule has 0 spiro atoms. The van der Waals surface area contributed by atoms with Crippen LogP contribution in [0, 0.1) is 13.8 Å². The van der Waals surface area contributed by atoms with Gasteiger partial charge in [0.15, 0.2) is 0 Å². The highest BCUT2D eigenvalue weighted by Crippen LogP contribution is 2.20. The predicted molar refractivity (Wildman–Crippen MR) is 91.0 cm³/mol. The van der Waals surface area contributed by atoms with Crippen molar-refractivity contribution in [3.8, 4) is 0 Å². The zero-order chi connectivity index (χ0) is 15.2. The zero-order valence-electron chi connectivity index (χ0n) is 13.2. The van der Waals surface area contributed by atoms with Gasteiger partial charge in [0.2, 0.25) is 0 Å². The minimum absolute atomic E-state index is 0.368. The lowest BCUT2D eigenvalue weighted by atomic mass is 10.0. The van der Waals surface area contributed by atoms with Crippen LogP contribution in [0.5, 0.6) is 0 Å². The summed E-state index contributed by atoms with van der Waals surface area (Å²) in [6.45, 7) is 6.12. The molecule has 1 atom stereocenters. The molecule has 1 N–H and O–H groups in total. The summed E-state index contributed by atoms with van der Waals surface area (Å²) in [4.78, 5) is 3.72. The molecule has 1 heterocycles. The van der Waals surface area contributed by atoms with Crippen LogP contribution in [-0.2, 0) is 6.42 Å². The van der Waals surface area contributed by atoms with Gasteiger partial charge in [0.05, 0.1) is 6.10 Å². The van der Waals surface area contributed by atoms with Crippen molar-refractivity contribution in [2.24, 2.45) is 0 Å². The van der Waals surface area contributed by atoms with Crippen molar-refractivity contribution in [1.82, 2.24) is 4.90 Å². The second-order valence-corrected chi connectivity index (χ2v) is 6.89. The topological polar surface area (TPSA) is 23.5 Å². The van der Waals surface area contributed by atoms with Crippen molar-refractivity contribution < 1.29 is 5.11 Å². The summed E-state index contributed by atoms with van der Waals surface area (Å²) >= 11 is 1.81. The van der Waals surface area contributed by atoms with Crippen LogP contribution in [0.25, 0.3) is 0 Å². The summed E-state index contributed by atoms with van der Waals surface area (Å²) in [6.07, 6.45) is 1.50. The second-order valence-electron chi connectivity index (χ2n) is 5.86. The van der Waals surface area contributed by atoms with E-state index in [1.165, 1.54) is 16.0 Å². The molecule has 0 aliphatic carbocycles. The minimum Gasteiger partial charge on any atom is -0.388 e. The lowest BCUT2D eigenvalue weighted by Gasteiger charge is -2.19. The number of hydrogen-bond donors (Lipinski definition) is 1. The first kappa shape index (κ1) is 16.2. The average molecular weight is 303 g/mol. The summed E-state index contributed by atoms with van der Waals surface area (Å²) in [6, 6.07) is 10.6. The molecule has 2 rings (SSSR count). The van der Waals surface area contributed by atoms with Crippen LogP contribution >= 0.6 is 11.3 Å². The van der Waals surface area contributed by atoms with Gasteiger partial charge in [-0.05, 0) is 50.7 Å². The Kier molecular flexibility index (Phi) is 5.97. The van der Waals surface area contributed by atoms with Crippen molar-refractivity contribution in [3.05, 3.63) is 57.3 Å². The number of aryl methyl sites for hydroxylation is 2. The number of thiophene rings is 1.